The van der Waals surface area contributed by atoms with Crippen molar-refractivity contribution in [3.05, 3.63) is 23.8 Å². The van der Waals surface area contributed by atoms with Crippen molar-refractivity contribution in [1.29, 1.82) is 0 Å². The minimum Gasteiger partial charge on any atom is -0.397 e. The number of carbonyl (C=O) groups is 1. The lowest BCUT2D eigenvalue weighted by Crippen LogP contribution is -2.34. The van der Waals surface area contributed by atoms with Crippen LogP contribution in [0.1, 0.15) is 63.4 Å². The van der Waals surface area contributed by atoms with Crippen LogP contribution in [-0.4, -0.2) is 25.0 Å². The largest absolute Gasteiger partial charge is 0.397 e. The first-order valence-corrected chi connectivity index (χ1v) is 9.65. The summed E-state index contributed by atoms with van der Waals surface area (Å²) in [5, 5.41) is 3.22. The number of anilines is 2. The summed E-state index contributed by atoms with van der Waals surface area (Å²) in [5.74, 6) is 0.184. The number of aryl methyl sites for hydroxylation is 1. The normalized spacial score (nSPS) is 19.2. The van der Waals surface area contributed by atoms with Gasteiger partial charge in [-0.3, -0.25) is 4.79 Å². The topological polar surface area (TPSA) is 58.4 Å². The van der Waals surface area contributed by atoms with Gasteiger partial charge in [-0.25, -0.2) is 0 Å². The second-order valence-electron chi connectivity index (χ2n) is 7.34. The molecule has 1 aliphatic carbocycles. The molecule has 0 aromatic heterocycles. The third-order valence-electron chi connectivity index (χ3n) is 5.40. The molecule has 0 atom stereocenters. The van der Waals surface area contributed by atoms with E-state index in [1.807, 2.05) is 6.07 Å². The Morgan fingerprint density at radius 2 is 1.79 bits per heavy atom. The van der Waals surface area contributed by atoms with Crippen LogP contribution < -0.4 is 16.0 Å². The third kappa shape index (κ3) is 4.65. The number of nitrogens with two attached hydrogens (primary N) is 1. The standard InChI is InChI=1S/C20H31N3O/c21-18-15-16(9-11-19(18)23-13-5-6-14-23)10-12-20(24)22-17-7-3-1-2-4-8-17/h9,11,15,17H,1-8,10,12-14,21H2,(H,22,24). The number of carbonyl (C=O) groups excluding carboxylic acids is 1. The van der Waals surface area contributed by atoms with E-state index >= 15 is 0 Å². The van der Waals surface area contributed by atoms with Crippen molar-refractivity contribution in [1.82, 2.24) is 5.32 Å². The number of hydrogen-bond donors (Lipinski definition) is 2. The summed E-state index contributed by atoms with van der Waals surface area (Å²) in [4.78, 5) is 14.6. The monoisotopic (exact) mass is 329 g/mol. The van der Waals surface area contributed by atoms with Gasteiger partial charge >= 0.3 is 0 Å². The zero-order chi connectivity index (χ0) is 16.8. The zero-order valence-electron chi connectivity index (χ0n) is 14.7. The van der Waals surface area contributed by atoms with Gasteiger partial charge in [-0.05, 0) is 49.8 Å². The van der Waals surface area contributed by atoms with Crippen LogP contribution in [0.4, 0.5) is 11.4 Å². The Labute approximate surface area is 145 Å². The van der Waals surface area contributed by atoms with Crippen LogP contribution in [-0.2, 0) is 11.2 Å². The second kappa shape index (κ2) is 8.41. The van der Waals surface area contributed by atoms with Crippen molar-refractivity contribution < 1.29 is 4.79 Å². The third-order valence-corrected chi connectivity index (χ3v) is 5.40. The van der Waals surface area contributed by atoms with E-state index in [1.165, 1.54) is 38.5 Å². The van der Waals surface area contributed by atoms with Crippen LogP contribution in [0, 0.1) is 0 Å². The molecule has 24 heavy (non-hydrogen) atoms. The van der Waals surface area contributed by atoms with Gasteiger partial charge in [0.05, 0.1) is 11.4 Å². The van der Waals surface area contributed by atoms with Gasteiger partial charge in [0.15, 0.2) is 0 Å². The van der Waals surface area contributed by atoms with Crippen molar-refractivity contribution in [2.75, 3.05) is 23.7 Å². The molecule has 4 heteroatoms. The molecule has 1 amide bonds. The summed E-state index contributed by atoms with van der Waals surface area (Å²) in [6.07, 6.45) is 11.2. The molecule has 4 nitrogen and oxygen atoms in total. The molecule has 1 saturated heterocycles. The first-order valence-electron chi connectivity index (χ1n) is 9.65. The average molecular weight is 329 g/mol. The molecule has 0 spiro atoms. The van der Waals surface area contributed by atoms with Crippen molar-refractivity contribution in [2.45, 2.75) is 70.3 Å². The van der Waals surface area contributed by atoms with E-state index in [4.69, 9.17) is 5.73 Å². The van der Waals surface area contributed by atoms with E-state index in [-0.39, 0.29) is 5.91 Å². The molecular formula is C20H31N3O. The van der Waals surface area contributed by atoms with Gasteiger partial charge in [0.25, 0.3) is 0 Å². The molecule has 1 aromatic carbocycles. The maximum atomic E-state index is 12.2. The van der Waals surface area contributed by atoms with Gasteiger partial charge in [0.1, 0.15) is 0 Å². The Hall–Kier alpha value is -1.71. The molecular weight excluding hydrogens is 298 g/mol. The smallest absolute Gasteiger partial charge is 0.220 e. The number of nitrogens with zero attached hydrogens (tertiary/aromatic N) is 1. The molecule has 1 saturated carbocycles. The maximum absolute atomic E-state index is 12.2. The fraction of sp³-hybridized carbons (Fsp3) is 0.650. The fourth-order valence-corrected chi connectivity index (χ4v) is 3.99. The van der Waals surface area contributed by atoms with Crippen LogP contribution in [0.25, 0.3) is 0 Å². The number of benzene rings is 1. The Balaban J connectivity index is 1.48. The Morgan fingerprint density at radius 1 is 1.08 bits per heavy atom. The summed E-state index contributed by atoms with van der Waals surface area (Å²) < 4.78 is 0. The Bertz CT molecular complexity index is 544. The molecule has 2 aliphatic rings. The highest BCUT2D eigenvalue weighted by Gasteiger charge is 2.16. The fourth-order valence-electron chi connectivity index (χ4n) is 3.99. The van der Waals surface area contributed by atoms with Crippen LogP contribution in [0.2, 0.25) is 0 Å². The van der Waals surface area contributed by atoms with Crippen molar-refractivity contribution in [3.63, 3.8) is 0 Å². The van der Waals surface area contributed by atoms with Crippen LogP contribution in [0.3, 0.4) is 0 Å². The lowest BCUT2D eigenvalue weighted by Gasteiger charge is -2.20. The summed E-state index contributed by atoms with van der Waals surface area (Å²) in [6.45, 7) is 2.21. The highest BCUT2D eigenvalue weighted by atomic mass is 16.1. The minimum absolute atomic E-state index is 0.184. The highest BCUT2D eigenvalue weighted by molar-refractivity contribution is 5.76. The van der Waals surface area contributed by atoms with E-state index in [2.05, 4.69) is 22.3 Å². The molecule has 1 aliphatic heterocycles. The van der Waals surface area contributed by atoms with E-state index in [0.29, 0.717) is 12.5 Å². The van der Waals surface area contributed by atoms with Crippen LogP contribution in [0.15, 0.2) is 18.2 Å². The number of amides is 1. The molecule has 1 heterocycles. The van der Waals surface area contributed by atoms with E-state index in [1.54, 1.807) is 0 Å². The number of nitrogens with one attached hydrogen (secondary N) is 1. The molecule has 3 rings (SSSR count). The minimum atomic E-state index is 0.184. The maximum Gasteiger partial charge on any atom is 0.220 e. The van der Waals surface area contributed by atoms with Crippen molar-refractivity contribution in [2.24, 2.45) is 0 Å². The van der Waals surface area contributed by atoms with Gasteiger partial charge in [-0.1, -0.05) is 31.7 Å². The van der Waals surface area contributed by atoms with Gasteiger partial charge < -0.3 is 16.0 Å². The molecule has 132 valence electrons. The first kappa shape index (κ1) is 17.1. The molecule has 0 unspecified atom stereocenters. The number of hydrogen-bond acceptors (Lipinski definition) is 3. The van der Waals surface area contributed by atoms with Gasteiger partial charge in [0.2, 0.25) is 5.91 Å². The summed E-state index contributed by atoms with van der Waals surface area (Å²) in [7, 11) is 0. The van der Waals surface area contributed by atoms with Gasteiger partial charge in [0, 0.05) is 25.6 Å². The van der Waals surface area contributed by atoms with Gasteiger partial charge in [-0.15, -0.1) is 0 Å². The lowest BCUT2D eigenvalue weighted by molar-refractivity contribution is -0.121. The molecule has 3 N–H and O–H groups in total. The summed E-state index contributed by atoms with van der Waals surface area (Å²) >= 11 is 0. The summed E-state index contributed by atoms with van der Waals surface area (Å²) in [5.41, 5.74) is 9.39. The second-order valence-corrected chi connectivity index (χ2v) is 7.34. The number of rotatable bonds is 5. The van der Waals surface area contributed by atoms with Crippen molar-refractivity contribution in [3.8, 4) is 0 Å². The number of nitrogen functional groups attached to an aromatic ring is 1. The Kier molecular flexibility index (Phi) is 6.00. The predicted octanol–water partition coefficient (Wildman–Crippen LogP) is 3.64. The summed E-state index contributed by atoms with van der Waals surface area (Å²) in [6, 6.07) is 6.69. The van der Waals surface area contributed by atoms with Crippen LogP contribution in [0.5, 0.6) is 0 Å². The molecule has 0 bridgehead atoms. The molecule has 0 radical (unpaired) electrons. The average Bonchev–Trinajstić information content (AvgIpc) is 2.98. The van der Waals surface area contributed by atoms with Gasteiger partial charge in [-0.2, -0.15) is 0 Å². The first-order chi connectivity index (χ1) is 11.7. The Morgan fingerprint density at radius 3 is 2.46 bits per heavy atom. The zero-order valence-corrected chi connectivity index (χ0v) is 14.7. The van der Waals surface area contributed by atoms with E-state index < -0.39 is 0 Å². The lowest BCUT2D eigenvalue weighted by atomic mass is 10.1. The SMILES string of the molecule is Nc1cc(CCC(=O)NC2CCCCCC2)ccc1N1CCCC1. The van der Waals surface area contributed by atoms with Crippen LogP contribution >= 0.6 is 0 Å². The predicted molar refractivity (Wildman–Crippen MR) is 100 cm³/mol. The van der Waals surface area contributed by atoms with Crippen molar-refractivity contribution >= 4 is 17.3 Å². The van der Waals surface area contributed by atoms with E-state index in [0.717, 1.165) is 49.3 Å². The molecule has 1 aromatic rings. The quantitative estimate of drug-likeness (QED) is 0.640. The highest BCUT2D eigenvalue weighted by Crippen LogP contribution is 2.28. The molecule has 2 fully saturated rings. The van der Waals surface area contributed by atoms with E-state index in [9.17, 15) is 4.79 Å².